The van der Waals surface area contributed by atoms with Gasteiger partial charge in [0.25, 0.3) is 0 Å². The predicted molar refractivity (Wildman–Crippen MR) is 56.7 cm³/mol. The number of carbonyl (C=O) groups is 1. The quantitative estimate of drug-likeness (QED) is 0.769. The maximum atomic E-state index is 14.0. The second-order valence-corrected chi connectivity index (χ2v) is 3.94. The number of hydrogen-bond donors (Lipinski definition) is 1. The van der Waals surface area contributed by atoms with Crippen molar-refractivity contribution < 1.29 is 9.18 Å². The topological polar surface area (TPSA) is 29.1 Å². The predicted octanol–water partition coefficient (Wildman–Crippen LogP) is 2.12. The van der Waals surface area contributed by atoms with Crippen molar-refractivity contribution in [2.45, 2.75) is 12.6 Å². The SMILES string of the molecule is O=Cc1cccc(C(F)C2CCNC2)c1. The number of aldehydes is 1. The Kier molecular flexibility index (Phi) is 3.11. The Bertz CT molecular complexity index is 347. The highest BCUT2D eigenvalue weighted by Gasteiger charge is 2.25. The van der Waals surface area contributed by atoms with Crippen LogP contribution < -0.4 is 5.32 Å². The molecule has 0 aromatic heterocycles. The number of nitrogens with one attached hydrogen (secondary N) is 1. The van der Waals surface area contributed by atoms with Crippen molar-refractivity contribution in [3.8, 4) is 0 Å². The third-order valence-electron chi connectivity index (χ3n) is 2.88. The highest BCUT2D eigenvalue weighted by Crippen LogP contribution is 2.30. The Morgan fingerprint density at radius 3 is 3.07 bits per heavy atom. The van der Waals surface area contributed by atoms with E-state index in [1.807, 2.05) is 0 Å². The van der Waals surface area contributed by atoms with Gasteiger partial charge in [-0.2, -0.15) is 0 Å². The maximum absolute atomic E-state index is 14.0. The number of carbonyl (C=O) groups excluding carboxylic acids is 1. The molecule has 2 unspecified atom stereocenters. The van der Waals surface area contributed by atoms with Gasteiger partial charge in [-0.25, -0.2) is 4.39 Å². The minimum absolute atomic E-state index is 0.0481. The van der Waals surface area contributed by atoms with Gasteiger partial charge >= 0.3 is 0 Å². The van der Waals surface area contributed by atoms with Crippen LogP contribution >= 0.6 is 0 Å². The van der Waals surface area contributed by atoms with Crippen molar-refractivity contribution in [1.29, 1.82) is 0 Å². The fraction of sp³-hybridized carbons (Fsp3) is 0.417. The molecule has 1 N–H and O–H groups in total. The van der Waals surface area contributed by atoms with Gasteiger partial charge in [0.1, 0.15) is 12.5 Å². The van der Waals surface area contributed by atoms with Crippen LogP contribution in [-0.2, 0) is 0 Å². The van der Waals surface area contributed by atoms with Crippen molar-refractivity contribution >= 4 is 6.29 Å². The second kappa shape index (κ2) is 4.53. The molecule has 0 bridgehead atoms. The van der Waals surface area contributed by atoms with Gasteiger partial charge < -0.3 is 5.32 Å². The molecule has 0 aliphatic carbocycles. The second-order valence-electron chi connectivity index (χ2n) is 3.94. The van der Waals surface area contributed by atoms with Gasteiger partial charge in [0.05, 0.1) is 0 Å². The zero-order chi connectivity index (χ0) is 10.7. The van der Waals surface area contributed by atoms with E-state index >= 15 is 0 Å². The van der Waals surface area contributed by atoms with Crippen molar-refractivity contribution in [3.63, 3.8) is 0 Å². The van der Waals surface area contributed by atoms with E-state index in [-0.39, 0.29) is 5.92 Å². The molecule has 2 rings (SSSR count). The molecule has 2 atom stereocenters. The zero-order valence-electron chi connectivity index (χ0n) is 8.45. The van der Waals surface area contributed by atoms with Crippen LogP contribution in [0, 0.1) is 5.92 Å². The largest absolute Gasteiger partial charge is 0.316 e. The van der Waals surface area contributed by atoms with Crippen LogP contribution in [0.1, 0.15) is 28.5 Å². The molecule has 1 fully saturated rings. The van der Waals surface area contributed by atoms with E-state index in [1.165, 1.54) is 0 Å². The average molecular weight is 207 g/mol. The first kappa shape index (κ1) is 10.3. The minimum Gasteiger partial charge on any atom is -0.316 e. The third-order valence-corrected chi connectivity index (χ3v) is 2.88. The number of rotatable bonds is 3. The number of halogens is 1. The van der Waals surface area contributed by atoms with Gasteiger partial charge in [-0.3, -0.25) is 4.79 Å². The summed E-state index contributed by atoms with van der Waals surface area (Å²) in [5.41, 5.74) is 1.16. The molecule has 1 heterocycles. The summed E-state index contributed by atoms with van der Waals surface area (Å²) < 4.78 is 14.0. The fourth-order valence-electron chi connectivity index (χ4n) is 2.00. The molecular weight excluding hydrogens is 193 g/mol. The van der Waals surface area contributed by atoms with Crippen LogP contribution in [0.15, 0.2) is 24.3 Å². The lowest BCUT2D eigenvalue weighted by atomic mass is 9.95. The lowest BCUT2D eigenvalue weighted by Gasteiger charge is -2.15. The molecule has 1 aliphatic rings. The molecule has 3 heteroatoms. The molecule has 80 valence electrons. The van der Waals surface area contributed by atoms with E-state index in [0.29, 0.717) is 11.1 Å². The van der Waals surface area contributed by atoms with Crippen molar-refractivity contribution in [2.75, 3.05) is 13.1 Å². The van der Waals surface area contributed by atoms with Gasteiger partial charge in [-0.1, -0.05) is 18.2 Å². The standard InChI is InChI=1S/C12H14FNO/c13-12(11-4-5-14-7-11)10-3-1-2-9(6-10)8-15/h1-3,6,8,11-12,14H,4-5,7H2. The third kappa shape index (κ3) is 2.23. The van der Waals surface area contributed by atoms with Gasteiger partial charge in [0.2, 0.25) is 0 Å². The summed E-state index contributed by atoms with van der Waals surface area (Å²) >= 11 is 0. The zero-order valence-corrected chi connectivity index (χ0v) is 8.45. The highest BCUT2D eigenvalue weighted by molar-refractivity contribution is 5.74. The Morgan fingerprint density at radius 1 is 1.53 bits per heavy atom. The average Bonchev–Trinajstić information content (AvgIpc) is 2.81. The van der Waals surface area contributed by atoms with Crippen LogP contribution in [-0.4, -0.2) is 19.4 Å². The smallest absolute Gasteiger partial charge is 0.150 e. The first-order valence-electron chi connectivity index (χ1n) is 5.21. The van der Waals surface area contributed by atoms with Crippen LogP contribution in [0.4, 0.5) is 4.39 Å². The Labute approximate surface area is 88.5 Å². The lowest BCUT2D eigenvalue weighted by Crippen LogP contribution is -2.13. The van der Waals surface area contributed by atoms with Crippen molar-refractivity contribution in [1.82, 2.24) is 5.32 Å². The summed E-state index contributed by atoms with van der Waals surface area (Å²) in [5, 5.41) is 3.14. The molecule has 0 amide bonds. The van der Waals surface area contributed by atoms with Gasteiger partial charge in [-0.05, 0) is 24.6 Å². The highest BCUT2D eigenvalue weighted by atomic mass is 19.1. The van der Waals surface area contributed by atoms with E-state index in [4.69, 9.17) is 0 Å². The molecule has 15 heavy (non-hydrogen) atoms. The summed E-state index contributed by atoms with van der Waals surface area (Å²) in [5.74, 6) is 0.0481. The molecule has 1 saturated heterocycles. The summed E-state index contributed by atoms with van der Waals surface area (Å²) in [6.45, 7) is 1.62. The van der Waals surface area contributed by atoms with E-state index in [2.05, 4.69) is 5.32 Å². The summed E-state index contributed by atoms with van der Waals surface area (Å²) in [7, 11) is 0. The Hall–Kier alpha value is -1.22. The van der Waals surface area contributed by atoms with Gasteiger partial charge in [-0.15, -0.1) is 0 Å². The number of alkyl halides is 1. The fourth-order valence-corrected chi connectivity index (χ4v) is 2.00. The van der Waals surface area contributed by atoms with E-state index in [0.717, 1.165) is 25.8 Å². The summed E-state index contributed by atoms with van der Waals surface area (Å²) in [4.78, 5) is 10.6. The minimum atomic E-state index is -0.958. The molecule has 0 spiro atoms. The van der Waals surface area contributed by atoms with E-state index < -0.39 is 6.17 Å². The normalized spacial score (nSPS) is 22.6. The van der Waals surface area contributed by atoms with Crippen molar-refractivity contribution in [2.24, 2.45) is 5.92 Å². The van der Waals surface area contributed by atoms with Crippen LogP contribution in [0.25, 0.3) is 0 Å². The van der Waals surface area contributed by atoms with E-state index in [9.17, 15) is 9.18 Å². The van der Waals surface area contributed by atoms with Crippen LogP contribution in [0.2, 0.25) is 0 Å². The molecule has 0 saturated carbocycles. The Morgan fingerprint density at radius 2 is 2.40 bits per heavy atom. The first-order valence-corrected chi connectivity index (χ1v) is 5.21. The van der Waals surface area contributed by atoms with Crippen LogP contribution in [0.5, 0.6) is 0 Å². The Balaban J connectivity index is 2.16. The van der Waals surface area contributed by atoms with Gasteiger partial charge in [0.15, 0.2) is 0 Å². The number of hydrogen-bond acceptors (Lipinski definition) is 2. The summed E-state index contributed by atoms with van der Waals surface area (Å²) in [6.07, 6.45) is 0.662. The van der Waals surface area contributed by atoms with Gasteiger partial charge in [0, 0.05) is 18.0 Å². The molecule has 0 radical (unpaired) electrons. The van der Waals surface area contributed by atoms with Crippen LogP contribution in [0.3, 0.4) is 0 Å². The maximum Gasteiger partial charge on any atom is 0.150 e. The molecule has 1 aliphatic heterocycles. The molecule has 1 aromatic rings. The molecule has 2 nitrogen and oxygen atoms in total. The van der Waals surface area contributed by atoms with Crippen molar-refractivity contribution in [3.05, 3.63) is 35.4 Å². The van der Waals surface area contributed by atoms with E-state index in [1.54, 1.807) is 24.3 Å². The molecule has 1 aromatic carbocycles. The summed E-state index contributed by atoms with van der Waals surface area (Å²) in [6, 6.07) is 6.80. The monoisotopic (exact) mass is 207 g/mol. The number of benzene rings is 1. The first-order chi connectivity index (χ1) is 7.31. The molecular formula is C12H14FNO. The lowest BCUT2D eigenvalue weighted by molar-refractivity contribution is 0.112.